The minimum Gasteiger partial charge on any atom is -0.481 e. The number of carboxylic acids is 1. The van der Waals surface area contributed by atoms with Crippen LogP contribution < -0.4 is 5.32 Å². The molecule has 132 valence electrons. The Morgan fingerprint density at radius 1 is 1.24 bits per heavy atom. The molecule has 2 aromatic rings. The molecular formula is C20H24N2O3. The van der Waals surface area contributed by atoms with E-state index in [1.807, 2.05) is 18.3 Å². The highest BCUT2D eigenvalue weighted by molar-refractivity contribution is 5.85. The fourth-order valence-electron chi connectivity index (χ4n) is 4.75. The predicted octanol–water partition coefficient (Wildman–Crippen LogP) is 3.63. The summed E-state index contributed by atoms with van der Waals surface area (Å²) in [5.41, 5.74) is 2.34. The van der Waals surface area contributed by atoms with Crippen LogP contribution in [-0.4, -0.2) is 22.0 Å². The maximum absolute atomic E-state index is 12.6. The Morgan fingerprint density at radius 3 is 2.64 bits per heavy atom. The first-order valence-electron chi connectivity index (χ1n) is 9.10. The molecule has 1 spiro atoms. The highest BCUT2D eigenvalue weighted by Crippen LogP contribution is 2.61. The number of amides is 1. The van der Waals surface area contributed by atoms with Crippen LogP contribution in [0.2, 0.25) is 0 Å². The lowest BCUT2D eigenvalue weighted by atomic mass is 9.48. The zero-order valence-electron chi connectivity index (χ0n) is 14.4. The van der Waals surface area contributed by atoms with E-state index in [1.165, 1.54) is 0 Å². The van der Waals surface area contributed by atoms with Gasteiger partial charge in [-0.1, -0.05) is 25.1 Å². The van der Waals surface area contributed by atoms with Crippen LogP contribution in [0.25, 0.3) is 10.9 Å². The third-order valence-electron chi connectivity index (χ3n) is 6.16. The summed E-state index contributed by atoms with van der Waals surface area (Å²) in [6.45, 7) is 2.08. The number of para-hydroxylation sites is 1. The van der Waals surface area contributed by atoms with Gasteiger partial charge in [0.1, 0.15) is 0 Å². The van der Waals surface area contributed by atoms with Gasteiger partial charge in [0.05, 0.1) is 17.5 Å². The Hall–Kier alpha value is -2.30. The fourth-order valence-corrected chi connectivity index (χ4v) is 4.75. The molecule has 0 radical (unpaired) electrons. The van der Waals surface area contributed by atoms with Crippen LogP contribution in [0, 0.1) is 17.3 Å². The molecule has 0 aliphatic heterocycles. The van der Waals surface area contributed by atoms with E-state index >= 15 is 0 Å². The first kappa shape index (κ1) is 16.2. The molecule has 3 N–H and O–H groups in total. The summed E-state index contributed by atoms with van der Waals surface area (Å²) >= 11 is 0. The van der Waals surface area contributed by atoms with Crippen molar-refractivity contribution in [2.45, 2.75) is 45.1 Å². The Balaban J connectivity index is 1.39. The van der Waals surface area contributed by atoms with E-state index in [2.05, 4.69) is 29.4 Å². The SMILES string of the molecule is CCC(NC(=O)C1CC2(CC(C(=O)O)C2)C1)c1cccc2cc[nH]c12. The molecule has 1 amide bonds. The summed E-state index contributed by atoms with van der Waals surface area (Å²) in [6, 6.07) is 8.20. The average Bonchev–Trinajstić information content (AvgIpc) is 2.98. The summed E-state index contributed by atoms with van der Waals surface area (Å²) in [7, 11) is 0. The number of nitrogens with one attached hydrogen (secondary N) is 2. The maximum Gasteiger partial charge on any atom is 0.306 e. The van der Waals surface area contributed by atoms with Crippen molar-refractivity contribution in [3.63, 3.8) is 0 Å². The third kappa shape index (κ3) is 2.71. The number of aliphatic carboxylic acids is 1. The van der Waals surface area contributed by atoms with Gasteiger partial charge in [-0.15, -0.1) is 0 Å². The molecule has 1 aromatic carbocycles. The van der Waals surface area contributed by atoms with Crippen LogP contribution in [-0.2, 0) is 9.59 Å². The molecule has 5 heteroatoms. The molecule has 0 bridgehead atoms. The number of aromatic amines is 1. The van der Waals surface area contributed by atoms with Crippen LogP contribution >= 0.6 is 0 Å². The number of hydrogen-bond acceptors (Lipinski definition) is 2. The summed E-state index contributed by atoms with van der Waals surface area (Å²) in [6.07, 6.45) is 5.92. The number of aromatic nitrogens is 1. The molecule has 1 atom stereocenters. The topological polar surface area (TPSA) is 82.2 Å². The smallest absolute Gasteiger partial charge is 0.306 e. The average molecular weight is 340 g/mol. The first-order valence-corrected chi connectivity index (χ1v) is 9.10. The summed E-state index contributed by atoms with van der Waals surface area (Å²) in [4.78, 5) is 26.9. The van der Waals surface area contributed by atoms with Gasteiger partial charge in [0.2, 0.25) is 5.91 Å². The number of fused-ring (bicyclic) bond motifs is 1. The quantitative estimate of drug-likeness (QED) is 0.777. The first-order chi connectivity index (χ1) is 12.0. The summed E-state index contributed by atoms with van der Waals surface area (Å²) in [5.74, 6) is -0.743. The molecule has 4 rings (SSSR count). The second-order valence-corrected chi connectivity index (χ2v) is 7.81. The standard InChI is InChI=1S/C20H24N2O3/c1-2-16(15-5-3-4-12-6-7-21-17(12)15)22-18(23)13-8-20(9-13)10-14(11-20)19(24)25/h3-7,13-14,16,21H,2,8-11H2,1H3,(H,22,23)(H,24,25). The van der Waals surface area contributed by atoms with E-state index in [0.717, 1.165) is 48.6 Å². The lowest BCUT2D eigenvalue weighted by Crippen LogP contribution is -2.53. The van der Waals surface area contributed by atoms with Gasteiger partial charge in [-0.3, -0.25) is 9.59 Å². The Bertz CT molecular complexity index is 811. The van der Waals surface area contributed by atoms with E-state index in [-0.39, 0.29) is 29.2 Å². The van der Waals surface area contributed by atoms with Gasteiger partial charge >= 0.3 is 5.97 Å². The molecule has 5 nitrogen and oxygen atoms in total. The van der Waals surface area contributed by atoms with E-state index < -0.39 is 5.97 Å². The van der Waals surface area contributed by atoms with Crippen molar-refractivity contribution in [3.05, 3.63) is 36.0 Å². The molecule has 1 unspecified atom stereocenters. The molecule has 2 fully saturated rings. The normalized spacial score (nSPS) is 29.0. The largest absolute Gasteiger partial charge is 0.481 e. The van der Waals surface area contributed by atoms with Crippen LogP contribution in [0.3, 0.4) is 0 Å². The molecule has 0 saturated heterocycles. The van der Waals surface area contributed by atoms with Crippen molar-refractivity contribution in [1.82, 2.24) is 10.3 Å². The van der Waals surface area contributed by atoms with Crippen molar-refractivity contribution < 1.29 is 14.7 Å². The van der Waals surface area contributed by atoms with Crippen molar-refractivity contribution in [2.24, 2.45) is 17.3 Å². The van der Waals surface area contributed by atoms with Crippen LogP contribution in [0.15, 0.2) is 30.5 Å². The molecule has 25 heavy (non-hydrogen) atoms. The molecule has 2 aliphatic rings. The van der Waals surface area contributed by atoms with E-state index in [1.54, 1.807) is 0 Å². The maximum atomic E-state index is 12.6. The van der Waals surface area contributed by atoms with Crippen LogP contribution in [0.5, 0.6) is 0 Å². The molecule has 2 aliphatic carbocycles. The van der Waals surface area contributed by atoms with E-state index in [9.17, 15) is 9.59 Å². The van der Waals surface area contributed by atoms with Gasteiger partial charge in [-0.05, 0) is 54.5 Å². The van der Waals surface area contributed by atoms with Gasteiger partial charge in [-0.2, -0.15) is 0 Å². The fraction of sp³-hybridized carbons (Fsp3) is 0.500. The number of carboxylic acid groups (broad SMARTS) is 1. The van der Waals surface area contributed by atoms with Crippen molar-refractivity contribution in [2.75, 3.05) is 0 Å². The zero-order chi connectivity index (χ0) is 17.6. The minimum atomic E-state index is -0.691. The summed E-state index contributed by atoms with van der Waals surface area (Å²) < 4.78 is 0. The second kappa shape index (κ2) is 5.90. The van der Waals surface area contributed by atoms with Crippen LogP contribution in [0.1, 0.15) is 50.6 Å². The molecule has 2 saturated carbocycles. The van der Waals surface area contributed by atoms with E-state index in [0.29, 0.717) is 0 Å². The highest BCUT2D eigenvalue weighted by atomic mass is 16.4. The Kier molecular flexibility index (Phi) is 3.82. The lowest BCUT2D eigenvalue weighted by Gasteiger charge is -2.56. The van der Waals surface area contributed by atoms with Gasteiger partial charge in [-0.25, -0.2) is 0 Å². The van der Waals surface area contributed by atoms with Gasteiger partial charge in [0, 0.05) is 12.1 Å². The van der Waals surface area contributed by atoms with Crippen molar-refractivity contribution in [3.8, 4) is 0 Å². The zero-order valence-corrected chi connectivity index (χ0v) is 14.4. The lowest BCUT2D eigenvalue weighted by molar-refractivity contribution is -0.161. The molecule has 1 aromatic heterocycles. The van der Waals surface area contributed by atoms with Crippen molar-refractivity contribution in [1.29, 1.82) is 0 Å². The highest BCUT2D eigenvalue weighted by Gasteiger charge is 2.56. The minimum absolute atomic E-state index is 0.000409. The Labute approximate surface area is 146 Å². The second-order valence-electron chi connectivity index (χ2n) is 7.81. The number of benzene rings is 1. The van der Waals surface area contributed by atoms with Gasteiger partial charge in [0.25, 0.3) is 0 Å². The molecular weight excluding hydrogens is 316 g/mol. The van der Waals surface area contributed by atoms with Gasteiger partial charge < -0.3 is 15.4 Å². The third-order valence-corrected chi connectivity index (χ3v) is 6.16. The summed E-state index contributed by atoms with van der Waals surface area (Å²) in [5, 5.41) is 13.4. The number of H-pyrrole nitrogens is 1. The number of carbonyl (C=O) groups is 2. The Morgan fingerprint density at radius 2 is 1.96 bits per heavy atom. The molecule has 1 heterocycles. The number of hydrogen-bond donors (Lipinski definition) is 3. The predicted molar refractivity (Wildman–Crippen MR) is 95.0 cm³/mol. The monoisotopic (exact) mass is 340 g/mol. The van der Waals surface area contributed by atoms with Gasteiger partial charge in [0.15, 0.2) is 0 Å². The number of rotatable bonds is 5. The van der Waals surface area contributed by atoms with Crippen LogP contribution in [0.4, 0.5) is 0 Å². The van der Waals surface area contributed by atoms with E-state index in [4.69, 9.17) is 5.11 Å². The number of carbonyl (C=O) groups excluding carboxylic acids is 1. The van der Waals surface area contributed by atoms with Crippen molar-refractivity contribution >= 4 is 22.8 Å².